The zero-order chi connectivity index (χ0) is 19.9. The fraction of sp³-hybridized carbons (Fsp3) is 0.150. The van der Waals surface area contributed by atoms with Gasteiger partial charge in [0.05, 0.1) is 30.6 Å². The molecule has 28 heavy (non-hydrogen) atoms. The number of nitrogens with one attached hydrogen (secondary N) is 2. The molecule has 0 saturated heterocycles. The Kier molecular flexibility index (Phi) is 6.68. The molecular weight excluding hydrogens is 397 g/mol. The fourth-order valence-corrected chi connectivity index (χ4v) is 2.94. The summed E-state index contributed by atoms with van der Waals surface area (Å²) in [6.45, 7) is 2.46. The Morgan fingerprint density at radius 3 is 2.57 bits per heavy atom. The van der Waals surface area contributed by atoms with Gasteiger partial charge in [0.2, 0.25) is 0 Å². The highest BCUT2D eigenvalue weighted by atomic mass is 35.5. The summed E-state index contributed by atoms with van der Waals surface area (Å²) in [4.78, 5) is 11.9. The normalized spacial score (nSPS) is 11.0. The van der Waals surface area contributed by atoms with E-state index >= 15 is 0 Å². The maximum Gasteiger partial charge on any atom is 0.259 e. The van der Waals surface area contributed by atoms with E-state index in [1.807, 2.05) is 61.5 Å². The number of anilines is 1. The quantitative estimate of drug-likeness (QED) is 0.450. The predicted octanol–water partition coefficient (Wildman–Crippen LogP) is 4.11. The SMILES string of the molecule is Cc1nn(Cc2ccc(Cl)cc2)c(Cl)c1/C=N/NC(=O)CNc1ccccc1. The van der Waals surface area contributed by atoms with Crippen molar-refractivity contribution >= 4 is 41.0 Å². The number of hydrogen-bond acceptors (Lipinski definition) is 4. The molecule has 3 aromatic rings. The van der Waals surface area contributed by atoms with Crippen LogP contribution in [0.2, 0.25) is 10.2 Å². The lowest BCUT2D eigenvalue weighted by Gasteiger charge is -2.04. The van der Waals surface area contributed by atoms with E-state index in [1.54, 1.807) is 4.68 Å². The maximum atomic E-state index is 11.9. The topological polar surface area (TPSA) is 71.3 Å². The highest BCUT2D eigenvalue weighted by Crippen LogP contribution is 2.20. The number of halogens is 2. The minimum Gasteiger partial charge on any atom is -0.376 e. The number of carbonyl (C=O) groups excluding carboxylic acids is 1. The predicted molar refractivity (Wildman–Crippen MR) is 113 cm³/mol. The molecule has 0 aliphatic carbocycles. The van der Waals surface area contributed by atoms with E-state index in [-0.39, 0.29) is 12.5 Å². The third-order valence-corrected chi connectivity index (χ3v) is 4.62. The minimum atomic E-state index is -0.262. The Labute approximate surface area is 173 Å². The first-order valence-electron chi connectivity index (χ1n) is 8.61. The van der Waals surface area contributed by atoms with Gasteiger partial charge in [-0.15, -0.1) is 0 Å². The molecule has 1 heterocycles. The average molecular weight is 416 g/mol. The average Bonchev–Trinajstić information content (AvgIpc) is 2.96. The van der Waals surface area contributed by atoms with E-state index in [0.717, 1.165) is 16.9 Å². The van der Waals surface area contributed by atoms with Gasteiger partial charge in [0.15, 0.2) is 0 Å². The Morgan fingerprint density at radius 2 is 1.86 bits per heavy atom. The van der Waals surface area contributed by atoms with Crippen LogP contribution in [0.15, 0.2) is 59.7 Å². The van der Waals surface area contributed by atoms with E-state index in [4.69, 9.17) is 23.2 Å². The number of nitrogens with zero attached hydrogens (tertiary/aromatic N) is 3. The molecule has 8 heteroatoms. The van der Waals surface area contributed by atoms with Crippen molar-refractivity contribution in [2.45, 2.75) is 13.5 Å². The number of carbonyl (C=O) groups is 1. The summed E-state index contributed by atoms with van der Waals surface area (Å²) in [5, 5.41) is 12.6. The summed E-state index contributed by atoms with van der Waals surface area (Å²) in [6.07, 6.45) is 1.50. The number of aromatic nitrogens is 2. The summed E-state index contributed by atoms with van der Waals surface area (Å²) < 4.78 is 1.68. The highest BCUT2D eigenvalue weighted by molar-refractivity contribution is 6.32. The first-order valence-corrected chi connectivity index (χ1v) is 9.36. The van der Waals surface area contributed by atoms with Crippen LogP contribution in [-0.4, -0.2) is 28.4 Å². The van der Waals surface area contributed by atoms with E-state index in [9.17, 15) is 4.79 Å². The minimum absolute atomic E-state index is 0.115. The number of aryl methyl sites for hydroxylation is 1. The molecular formula is C20H19Cl2N5O. The van der Waals surface area contributed by atoms with Crippen molar-refractivity contribution < 1.29 is 4.79 Å². The lowest BCUT2D eigenvalue weighted by molar-refractivity contribution is -0.119. The number of rotatable bonds is 7. The van der Waals surface area contributed by atoms with Gasteiger partial charge in [-0.25, -0.2) is 10.1 Å². The largest absolute Gasteiger partial charge is 0.376 e. The van der Waals surface area contributed by atoms with Crippen molar-refractivity contribution in [1.29, 1.82) is 0 Å². The van der Waals surface area contributed by atoms with Crippen LogP contribution in [0.4, 0.5) is 5.69 Å². The molecule has 144 valence electrons. The van der Waals surface area contributed by atoms with Gasteiger partial charge in [0.1, 0.15) is 5.15 Å². The summed E-state index contributed by atoms with van der Waals surface area (Å²) in [5.41, 5.74) is 5.75. The molecule has 6 nitrogen and oxygen atoms in total. The van der Waals surface area contributed by atoms with E-state index < -0.39 is 0 Å². The second kappa shape index (κ2) is 9.39. The molecule has 3 rings (SSSR count). The number of hydrogen-bond donors (Lipinski definition) is 2. The first kappa shape index (κ1) is 19.9. The van der Waals surface area contributed by atoms with Crippen LogP contribution in [-0.2, 0) is 11.3 Å². The van der Waals surface area contributed by atoms with Crippen LogP contribution in [0.5, 0.6) is 0 Å². The molecule has 0 saturated carbocycles. The van der Waals surface area contributed by atoms with Crippen molar-refractivity contribution in [2.75, 3.05) is 11.9 Å². The van der Waals surface area contributed by atoms with E-state index in [1.165, 1.54) is 6.21 Å². The van der Waals surface area contributed by atoms with Crippen molar-refractivity contribution in [3.8, 4) is 0 Å². The third-order valence-electron chi connectivity index (χ3n) is 3.96. The molecule has 0 bridgehead atoms. The van der Waals surface area contributed by atoms with Crippen LogP contribution >= 0.6 is 23.2 Å². The standard InChI is InChI=1S/C20H19Cl2N5O/c1-14-18(11-24-25-19(28)12-23-17-5-3-2-4-6-17)20(22)27(26-14)13-15-7-9-16(21)10-8-15/h2-11,23H,12-13H2,1H3,(H,25,28)/b24-11+. The molecule has 0 spiro atoms. The molecule has 0 unspecified atom stereocenters. The Bertz CT molecular complexity index is 968. The van der Waals surface area contributed by atoms with Crippen molar-refractivity contribution in [3.63, 3.8) is 0 Å². The summed E-state index contributed by atoms with van der Waals surface area (Å²) in [5.74, 6) is -0.262. The monoisotopic (exact) mass is 415 g/mol. The lowest BCUT2D eigenvalue weighted by Crippen LogP contribution is -2.25. The number of benzene rings is 2. The first-order chi connectivity index (χ1) is 13.5. The number of para-hydroxylation sites is 1. The second-order valence-electron chi connectivity index (χ2n) is 6.09. The van der Waals surface area contributed by atoms with Gasteiger partial charge < -0.3 is 5.32 Å². The number of amides is 1. The van der Waals surface area contributed by atoms with Crippen molar-refractivity contribution in [1.82, 2.24) is 15.2 Å². The number of hydrazone groups is 1. The van der Waals surface area contributed by atoms with Crippen LogP contribution in [0, 0.1) is 6.92 Å². The van der Waals surface area contributed by atoms with Crippen LogP contribution < -0.4 is 10.7 Å². The molecule has 0 atom stereocenters. The molecule has 0 radical (unpaired) electrons. The molecule has 0 aliphatic heterocycles. The second-order valence-corrected chi connectivity index (χ2v) is 6.88. The maximum absolute atomic E-state index is 11.9. The third kappa shape index (κ3) is 5.34. The van der Waals surface area contributed by atoms with Gasteiger partial charge in [0, 0.05) is 10.7 Å². The van der Waals surface area contributed by atoms with Crippen LogP contribution in [0.1, 0.15) is 16.8 Å². The molecule has 0 fully saturated rings. The van der Waals surface area contributed by atoms with Gasteiger partial charge in [-0.05, 0) is 36.8 Å². The van der Waals surface area contributed by atoms with Crippen molar-refractivity contribution in [3.05, 3.63) is 81.6 Å². The smallest absolute Gasteiger partial charge is 0.259 e. The zero-order valence-corrected chi connectivity index (χ0v) is 16.7. The van der Waals surface area contributed by atoms with Crippen LogP contribution in [0.25, 0.3) is 0 Å². The van der Waals surface area contributed by atoms with Gasteiger partial charge in [-0.3, -0.25) is 4.79 Å². The van der Waals surface area contributed by atoms with Gasteiger partial charge in [-0.2, -0.15) is 10.2 Å². The molecule has 1 aromatic heterocycles. The summed E-state index contributed by atoms with van der Waals surface area (Å²) in [6, 6.07) is 17.0. The van der Waals surface area contributed by atoms with Crippen LogP contribution in [0.3, 0.4) is 0 Å². The fourth-order valence-electron chi connectivity index (χ4n) is 2.53. The van der Waals surface area contributed by atoms with Gasteiger partial charge >= 0.3 is 0 Å². The van der Waals surface area contributed by atoms with Gasteiger partial charge in [-0.1, -0.05) is 53.5 Å². The zero-order valence-electron chi connectivity index (χ0n) is 15.2. The highest BCUT2D eigenvalue weighted by Gasteiger charge is 2.12. The van der Waals surface area contributed by atoms with E-state index in [2.05, 4.69) is 20.9 Å². The van der Waals surface area contributed by atoms with E-state index in [0.29, 0.717) is 22.3 Å². The van der Waals surface area contributed by atoms with Crippen molar-refractivity contribution in [2.24, 2.45) is 5.10 Å². The van der Waals surface area contributed by atoms with Gasteiger partial charge in [0.25, 0.3) is 5.91 Å². The Balaban J connectivity index is 1.58. The lowest BCUT2D eigenvalue weighted by atomic mass is 10.2. The molecule has 1 amide bonds. The Hall–Kier alpha value is -2.83. The molecule has 2 aromatic carbocycles. The molecule has 2 N–H and O–H groups in total. The summed E-state index contributed by atoms with van der Waals surface area (Å²) in [7, 11) is 0. The summed E-state index contributed by atoms with van der Waals surface area (Å²) >= 11 is 12.3. The Morgan fingerprint density at radius 1 is 1.14 bits per heavy atom. The molecule has 0 aliphatic rings.